The van der Waals surface area contributed by atoms with Crippen LogP contribution in [0.25, 0.3) is 10.4 Å². The molecule has 2 nitrogen and oxygen atoms in total. The summed E-state index contributed by atoms with van der Waals surface area (Å²) in [6.07, 6.45) is 2.87. The Hall–Kier alpha value is -0.940. The molecule has 1 heterocycles. The Morgan fingerprint density at radius 1 is 1.47 bits per heavy atom. The molecule has 2 rings (SSSR count). The molecule has 5 heteroatoms. The van der Waals surface area contributed by atoms with Crippen molar-refractivity contribution >= 4 is 32.4 Å². The molecule has 0 radical (unpaired) electrons. The van der Waals surface area contributed by atoms with Gasteiger partial charge in [0.25, 0.3) is 0 Å². The highest BCUT2D eigenvalue weighted by atomic mass is 79.9. The maximum absolute atomic E-state index is 13.1. The van der Waals surface area contributed by atoms with Crippen molar-refractivity contribution in [2.45, 2.75) is 13.3 Å². The maximum Gasteiger partial charge on any atom is 0.183 e. The molecule has 90 valence electrons. The number of anilines is 1. The average Bonchev–Trinajstić information content (AvgIpc) is 2.79. The van der Waals surface area contributed by atoms with Gasteiger partial charge in [0, 0.05) is 12.7 Å². The van der Waals surface area contributed by atoms with Gasteiger partial charge in [0.15, 0.2) is 5.13 Å². The van der Waals surface area contributed by atoms with E-state index in [4.69, 9.17) is 0 Å². The zero-order valence-corrected chi connectivity index (χ0v) is 11.7. The van der Waals surface area contributed by atoms with Gasteiger partial charge in [-0.3, -0.25) is 0 Å². The van der Waals surface area contributed by atoms with Gasteiger partial charge in [0.05, 0.1) is 9.35 Å². The third-order valence-electron chi connectivity index (χ3n) is 2.24. The molecule has 1 N–H and O–H groups in total. The van der Waals surface area contributed by atoms with Gasteiger partial charge in [-0.2, -0.15) is 0 Å². The van der Waals surface area contributed by atoms with Crippen LogP contribution in [0.15, 0.2) is 28.9 Å². The van der Waals surface area contributed by atoms with Crippen LogP contribution in [0, 0.1) is 5.82 Å². The lowest BCUT2D eigenvalue weighted by atomic mass is 10.2. The Labute approximate surface area is 112 Å². The lowest BCUT2D eigenvalue weighted by molar-refractivity contribution is 0.621. The molecule has 1 aromatic heterocycles. The first kappa shape index (κ1) is 12.5. The van der Waals surface area contributed by atoms with Crippen molar-refractivity contribution in [2.24, 2.45) is 0 Å². The number of hydrogen-bond acceptors (Lipinski definition) is 3. The van der Waals surface area contributed by atoms with E-state index in [2.05, 4.69) is 33.2 Å². The third kappa shape index (κ3) is 3.04. The van der Waals surface area contributed by atoms with Crippen molar-refractivity contribution in [3.8, 4) is 10.4 Å². The minimum absolute atomic E-state index is 0.248. The summed E-state index contributed by atoms with van der Waals surface area (Å²) in [5.74, 6) is -0.248. The first-order valence-corrected chi connectivity index (χ1v) is 6.96. The smallest absolute Gasteiger partial charge is 0.183 e. The zero-order valence-electron chi connectivity index (χ0n) is 9.34. The summed E-state index contributed by atoms with van der Waals surface area (Å²) in [7, 11) is 0. The van der Waals surface area contributed by atoms with Gasteiger partial charge in [-0.15, -0.1) is 0 Å². The molecule has 2 aromatic rings. The van der Waals surface area contributed by atoms with Gasteiger partial charge in [-0.05, 0) is 40.0 Å². The van der Waals surface area contributed by atoms with Crippen LogP contribution in [-0.4, -0.2) is 11.5 Å². The Morgan fingerprint density at radius 3 is 3.00 bits per heavy atom. The van der Waals surface area contributed by atoms with Crippen molar-refractivity contribution < 1.29 is 4.39 Å². The standard InChI is InChI=1S/C12H12BrFN2S/c1-2-5-15-12-16-7-11(17-12)8-3-4-10(14)9(13)6-8/h3-4,6-7H,2,5H2,1H3,(H,15,16). The highest BCUT2D eigenvalue weighted by molar-refractivity contribution is 9.10. The van der Waals surface area contributed by atoms with Crippen molar-refractivity contribution in [1.29, 1.82) is 0 Å². The van der Waals surface area contributed by atoms with Gasteiger partial charge in [0.2, 0.25) is 0 Å². The van der Waals surface area contributed by atoms with Crippen LogP contribution >= 0.6 is 27.3 Å². The molecule has 1 aromatic carbocycles. The Kier molecular flexibility index (Phi) is 4.12. The summed E-state index contributed by atoms with van der Waals surface area (Å²) in [6.45, 7) is 3.03. The van der Waals surface area contributed by atoms with Crippen molar-refractivity contribution in [3.63, 3.8) is 0 Å². The Balaban J connectivity index is 2.21. The lowest BCUT2D eigenvalue weighted by Crippen LogP contribution is -1.97. The summed E-state index contributed by atoms with van der Waals surface area (Å²) in [4.78, 5) is 5.31. The number of nitrogens with one attached hydrogen (secondary N) is 1. The molecule has 0 bridgehead atoms. The van der Waals surface area contributed by atoms with Crippen LogP contribution < -0.4 is 5.32 Å². The average molecular weight is 315 g/mol. The third-order valence-corrected chi connectivity index (χ3v) is 3.85. The maximum atomic E-state index is 13.1. The van der Waals surface area contributed by atoms with Crippen LogP contribution in [0.1, 0.15) is 13.3 Å². The molecule has 0 aliphatic heterocycles. The highest BCUT2D eigenvalue weighted by Gasteiger charge is 2.06. The summed E-state index contributed by atoms with van der Waals surface area (Å²) in [5, 5.41) is 4.14. The van der Waals surface area contributed by atoms with E-state index in [9.17, 15) is 4.39 Å². The van der Waals surface area contributed by atoms with E-state index in [1.165, 1.54) is 6.07 Å². The van der Waals surface area contributed by atoms with E-state index < -0.39 is 0 Å². The number of aromatic nitrogens is 1. The number of rotatable bonds is 4. The van der Waals surface area contributed by atoms with E-state index in [0.717, 1.165) is 28.5 Å². The highest BCUT2D eigenvalue weighted by Crippen LogP contribution is 2.31. The fraction of sp³-hybridized carbons (Fsp3) is 0.250. The van der Waals surface area contributed by atoms with Gasteiger partial charge >= 0.3 is 0 Å². The van der Waals surface area contributed by atoms with E-state index in [1.54, 1.807) is 23.5 Å². The van der Waals surface area contributed by atoms with E-state index >= 15 is 0 Å². The second kappa shape index (κ2) is 5.60. The van der Waals surface area contributed by atoms with E-state index in [0.29, 0.717) is 4.47 Å². The topological polar surface area (TPSA) is 24.9 Å². The monoisotopic (exact) mass is 314 g/mol. The van der Waals surface area contributed by atoms with Crippen LogP contribution in [0.4, 0.5) is 9.52 Å². The van der Waals surface area contributed by atoms with Gasteiger partial charge in [-0.25, -0.2) is 9.37 Å². The molecule has 0 aliphatic rings. The SMILES string of the molecule is CCCNc1ncc(-c2ccc(F)c(Br)c2)s1. The molecule has 0 amide bonds. The fourth-order valence-corrected chi connectivity index (χ4v) is 2.59. The molecule has 0 fully saturated rings. The zero-order chi connectivity index (χ0) is 12.3. The number of hydrogen-bond donors (Lipinski definition) is 1. The quantitative estimate of drug-likeness (QED) is 0.896. The molecule has 0 unspecified atom stereocenters. The van der Waals surface area contributed by atoms with Crippen molar-refractivity contribution in [1.82, 2.24) is 4.98 Å². The number of thiazole rings is 1. The summed E-state index contributed by atoms with van der Waals surface area (Å²) < 4.78 is 13.6. The van der Waals surface area contributed by atoms with Crippen molar-refractivity contribution in [3.05, 3.63) is 34.7 Å². The molecular formula is C12H12BrFN2S. The minimum Gasteiger partial charge on any atom is -0.362 e. The normalized spacial score (nSPS) is 10.5. The van der Waals surface area contributed by atoms with Gasteiger partial charge in [-0.1, -0.05) is 24.3 Å². The van der Waals surface area contributed by atoms with E-state index in [1.807, 2.05) is 6.20 Å². The summed E-state index contributed by atoms with van der Waals surface area (Å²) >= 11 is 4.76. The lowest BCUT2D eigenvalue weighted by Gasteiger charge is -1.99. The molecular weight excluding hydrogens is 303 g/mol. The number of halogens is 2. The van der Waals surface area contributed by atoms with Crippen molar-refractivity contribution in [2.75, 3.05) is 11.9 Å². The van der Waals surface area contributed by atoms with Crippen LogP contribution in [0.3, 0.4) is 0 Å². The fourth-order valence-electron chi connectivity index (χ4n) is 1.37. The molecule has 0 spiro atoms. The molecule has 0 saturated carbocycles. The summed E-state index contributed by atoms with van der Waals surface area (Å²) in [6, 6.07) is 4.99. The largest absolute Gasteiger partial charge is 0.362 e. The predicted molar refractivity (Wildman–Crippen MR) is 74.0 cm³/mol. The summed E-state index contributed by atoms with van der Waals surface area (Å²) in [5.41, 5.74) is 0.973. The number of benzene rings is 1. The molecule has 0 saturated heterocycles. The van der Waals surface area contributed by atoms with Crippen LogP contribution in [0.2, 0.25) is 0 Å². The minimum atomic E-state index is -0.248. The Morgan fingerprint density at radius 2 is 2.29 bits per heavy atom. The second-order valence-corrected chi connectivity index (χ2v) is 5.47. The molecule has 0 atom stereocenters. The van der Waals surface area contributed by atoms with Crippen LogP contribution in [0.5, 0.6) is 0 Å². The first-order valence-electron chi connectivity index (χ1n) is 5.36. The van der Waals surface area contributed by atoms with E-state index in [-0.39, 0.29) is 5.82 Å². The first-order chi connectivity index (χ1) is 8.20. The number of nitrogens with zero attached hydrogens (tertiary/aromatic N) is 1. The van der Waals surface area contributed by atoms with Gasteiger partial charge < -0.3 is 5.32 Å². The second-order valence-electron chi connectivity index (χ2n) is 3.59. The Bertz CT molecular complexity index is 513. The van der Waals surface area contributed by atoms with Crippen LogP contribution in [-0.2, 0) is 0 Å². The van der Waals surface area contributed by atoms with Gasteiger partial charge in [0.1, 0.15) is 5.82 Å². The predicted octanol–water partition coefficient (Wildman–Crippen LogP) is 4.53. The molecule has 0 aliphatic carbocycles. The molecule has 17 heavy (non-hydrogen) atoms.